The van der Waals surface area contributed by atoms with Crippen molar-refractivity contribution < 1.29 is 0 Å². The first-order valence-corrected chi connectivity index (χ1v) is 9.22. The van der Waals surface area contributed by atoms with Gasteiger partial charge in [-0.3, -0.25) is 4.99 Å². The van der Waals surface area contributed by atoms with E-state index in [2.05, 4.69) is 58.6 Å². The minimum absolute atomic E-state index is 0.125. The Morgan fingerprint density at radius 1 is 1.27 bits per heavy atom. The summed E-state index contributed by atoms with van der Waals surface area (Å²) in [5.41, 5.74) is 2.58. The molecule has 2 aromatic rings. The zero-order valence-electron chi connectivity index (χ0n) is 13.6. The molecular weight excluding hydrogens is 312 g/mol. The monoisotopic (exact) mass is 336 g/mol. The highest BCUT2D eigenvalue weighted by molar-refractivity contribution is 7.09. The van der Waals surface area contributed by atoms with E-state index >= 15 is 0 Å². The van der Waals surface area contributed by atoms with Gasteiger partial charge in [-0.15, -0.1) is 11.3 Å². The Balaban J connectivity index is 1.75. The van der Waals surface area contributed by atoms with Crippen LogP contribution in [0.3, 0.4) is 0 Å². The molecule has 0 radical (unpaired) electrons. The molecule has 2 rings (SSSR count). The maximum absolute atomic E-state index is 4.71. The highest BCUT2D eigenvalue weighted by Crippen LogP contribution is 2.23. The molecule has 2 heterocycles. The Morgan fingerprint density at radius 2 is 2.09 bits per heavy atom. The highest BCUT2D eigenvalue weighted by Gasteiger charge is 2.17. The maximum atomic E-state index is 4.71. The number of nitrogens with zero attached hydrogens (tertiary/aromatic N) is 2. The highest BCUT2D eigenvalue weighted by atomic mass is 32.1. The summed E-state index contributed by atoms with van der Waals surface area (Å²) in [4.78, 5) is 8.95. The molecule has 120 valence electrons. The summed E-state index contributed by atoms with van der Waals surface area (Å²) in [6.45, 7) is 8.22. The van der Waals surface area contributed by atoms with Crippen LogP contribution in [0.5, 0.6) is 0 Å². The van der Waals surface area contributed by atoms with Crippen molar-refractivity contribution in [3.05, 3.63) is 38.5 Å². The van der Waals surface area contributed by atoms with Crippen molar-refractivity contribution in [3.63, 3.8) is 0 Å². The van der Waals surface area contributed by atoms with E-state index < -0.39 is 0 Å². The fourth-order valence-electron chi connectivity index (χ4n) is 1.86. The third-order valence-electron chi connectivity index (χ3n) is 3.22. The number of guanidine groups is 1. The van der Waals surface area contributed by atoms with E-state index in [0.717, 1.165) is 25.5 Å². The lowest BCUT2D eigenvalue weighted by Gasteiger charge is -2.14. The van der Waals surface area contributed by atoms with Crippen molar-refractivity contribution in [2.45, 2.75) is 39.2 Å². The molecule has 0 aromatic carbocycles. The third-order valence-corrected chi connectivity index (χ3v) is 4.86. The van der Waals surface area contributed by atoms with Crippen LogP contribution in [0.4, 0.5) is 0 Å². The first kappa shape index (κ1) is 17.0. The molecule has 0 aliphatic rings. The lowest BCUT2D eigenvalue weighted by molar-refractivity contribution is 0.570. The standard InChI is InChI=1S/C16H24N4S2/c1-16(2,3)13-11-22-14(20-13)5-7-18-15(17-4)19-9-12-6-8-21-10-12/h6,8,10-11H,5,7,9H2,1-4H3,(H2,17,18,19). The quantitative estimate of drug-likeness (QED) is 0.650. The Morgan fingerprint density at radius 3 is 2.68 bits per heavy atom. The number of thiophene rings is 1. The van der Waals surface area contributed by atoms with Crippen molar-refractivity contribution in [1.29, 1.82) is 0 Å². The molecule has 2 N–H and O–H groups in total. The van der Waals surface area contributed by atoms with Crippen molar-refractivity contribution in [1.82, 2.24) is 15.6 Å². The molecule has 0 saturated heterocycles. The molecule has 0 amide bonds. The van der Waals surface area contributed by atoms with Gasteiger partial charge in [0.05, 0.1) is 10.7 Å². The molecule has 4 nitrogen and oxygen atoms in total. The van der Waals surface area contributed by atoms with Gasteiger partial charge in [-0.1, -0.05) is 20.8 Å². The molecule has 0 spiro atoms. The van der Waals surface area contributed by atoms with Crippen LogP contribution < -0.4 is 10.6 Å². The number of hydrogen-bond donors (Lipinski definition) is 2. The first-order valence-electron chi connectivity index (χ1n) is 7.39. The topological polar surface area (TPSA) is 49.3 Å². The lowest BCUT2D eigenvalue weighted by atomic mass is 9.93. The van der Waals surface area contributed by atoms with Gasteiger partial charge in [0.25, 0.3) is 0 Å². The van der Waals surface area contributed by atoms with E-state index in [4.69, 9.17) is 4.98 Å². The molecule has 0 aliphatic heterocycles. The Hall–Kier alpha value is -1.40. The second kappa shape index (κ2) is 7.74. The normalized spacial score (nSPS) is 12.5. The molecule has 2 aromatic heterocycles. The summed E-state index contributed by atoms with van der Waals surface area (Å²) in [7, 11) is 1.80. The van der Waals surface area contributed by atoms with Gasteiger partial charge in [0.2, 0.25) is 0 Å². The zero-order valence-corrected chi connectivity index (χ0v) is 15.3. The van der Waals surface area contributed by atoms with Crippen molar-refractivity contribution in [3.8, 4) is 0 Å². The van der Waals surface area contributed by atoms with Gasteiger partial charge in [-0.25, -0.2) is 4.98 Å². The number of aromatic nitrogens is 1. The molecule has 22 heavy (non-hydrogen) atoms. The van der Waals surface area contributed by atoms with E-state index in [1.54, 1.807) is 29.7 Å². The van der Waals surface area contributed by atoms with Crippen LogP contribution in [0.1, 0.15) is 37.0 Å². The number of thiazole rings is 1. The Bertz CT molecular complexity index is 594. The van der Waals surface area contributed by atoms with Crippen LogP contribution in [0, 0.1) is 0 Å². The van der Waals surface area contributed by atoms with Crippen molar-refractivity contribution >= 4 is 28.6 Å². The number of nitrogens with one attached hydrogen (secondary N) is 2. The molecule has 0 fully saturated rings. The third kappa shape index (κ3) is 5.10. The number of rotatable bonds is 5. The fourth-order valence-corrected chi connectivity index (χ4v) is 3.55. The predicted octanol–water partition coefficient (Wildman–Crippen LogP) is 3.41. The second-order valence-electron chi connectivity index (χ2n) is 6.11. The number of hydrogen-bond acceptors (Lipinski definition) is 4. The summed E-state index contributed by atoms with van der Waals surface area (Å²) in [5.74, 6) is 0.832. The smallest absolute Gasteiger partial charge is 0.191 e. The van der Waals surface area contributed by atoms with Crippen LogP contribution in [0.2, 0.25) is 0 Å². The van der Waals surface area contributed by atoms with Crippen LogP contribution in [0.25, 0.3) is 0 Å². The molecular formula is C16H24N4S2. The van der Waals surface area contributed by atoms with Crippen molar-refractivity contribution in [2.75, 3.05) is 13.6 Å². The molecule has 0 unspecified atom stereocenters. The van der Waals surface area contributed by atoms with Gasteiger partial charge >= 0.3 is 0 Å². The van der Waals surface area contributed by atoms with E-state index in [0.29, 0.717) is 0 Å². The second-order valence-corrected chi connectivity index (χ2v) is 7.83. The van der Waals surface area contributed by atoms with E-state index in [1.807, 2.05) is 0 Å². The first-order chi connectivity index (χ1) is 10.5. The molecule has 0 atom stereocenters. The predicted molar refractivity (Wildman–Crippen MR) is 97.0 cm³/mol. The number of aliphatic imine (C=N–C) groups is 1. The average molecular weight is 337 g/mol. The largest absolute Gasteiger partial charge is 0.356 e. The van der Waals surface area contributed by atoms with E-state index in [1.165, 1.54) is 16.3 Å². The van der Waals surface area contributed by atoms with Gasteiger partial charge in [-0.2, -0.15) is 11.3 Å². The Labute approximate surface area is 140 Å². The Kier molecular flexibility index (Phi) is 5.97. The van der Waals surface area contributed by atoms with Crippen LogP contribution >= 0.6 is 22.7 Å². The van der Waals surface area contributed by atoms with Gasteiger partial charge < -0.3 is 10.6 Å². The van der Waals surface area contributed by atoms with Crippen LogP contribution in [0.15, 0.2) is 27.2 Å². The van der Waals surface area contributed by atoms with E-state index in [9.17, 15) is 0 Å². The lowest BCUT2D eigenvalue weighted by Crippen LogP contribution is -2.37. The molecule has 0 aliphatic carbocycles. The van der Waals surface area contributed by atoms with Crippen molar-refractivity contribution in [2.24, 2.45) is 4.99 Å². The SMILES string of the molecule is CN=C(NCCc1nc(C(C)(C)C)cs1)NCc1ccsc1. The van der Waals surface area contributed by atoms with E-state index in [-0.39, 0.29) is 5.41 Å². The maximum Gasteiger partial charge on any atom is 0.191 e. The minimum atomic E-state index is 0.125. The van der Waals surface area contributed by atoms with Gasteiger partial charge in [0.15, 0.2) is 5.96 Å². The fraction of sp³-hybridized carbons (Fsp3) is 0.500. The minimum Gasteiger partial charge on any atom is -0.356 e. The summed E-state index contributed by atoms with van der Waals surface area (Å²) in [5, 5.41) is 14.2. The molecule has 0 saturated carbocycles. The molecule has 0 bridgehead atoms. The van der Waals surface area contributed by atoms with Gasteiger partial charge in [-0.05, 0) is 22.4 Å². The van der Waals surface area contributed by atoms with Gasteiger partial charge in [0, 0.05) is 37.4 Å². The van der Waals surface area contributed by atoms with Crippen LogP contribution in [-0.4, -0.2) is 24.5 Å². The summed E-state index contributed by atoms with van der Waals surface area (Å²) >= 11 is 3.45. The van der Waals surface area contributed by atoms with Crippen LogP contribution in [-0.2, 0) is 18.4 Å². The van der Waals surface area contributed by atoms with Gasteiger partial charge in [0.1, 0.15) is 0 Å². The summed E-state index contributed by atoms with van der Waals surface area (Å²) in [6.07, 6.45) is 0.917. The summed E-state index contributed by atoms with van der Waals surface area (Å²) in [6, 6.07) is 2.12. The average Bonchev–Trinajstić information content (AvgIpc) is 3.13. The molecule has 6 heteroatoms. The summed E-state index contributed by atoms with van der Waals surface area (Å²) < 4.78 is 0. The zero-order chi connectivity index (χ0) is 16.0.